The molecule has 0 amide bonds. The maximum absolute atomic E-state index is 10.9. The zero-order valence-corrected chi connectivity index (χ0v) is 6.65. The molecule has 0 bridgehead atoms. The fourth-order valence-electron chi connectivity index (χ4n) is 0.670. The van der Waals surface area contributed by atoms with Crippen molar-refractivity contribution in [2.24, 2.45) is 0 Å². The summed E-state index contributed by atoms with van der Waals surface area (Å²) in [4.78, 5) is 18.6. The van der Waals surface area contributed by atoms with E-state index in [1.807, 2.05) is 0 Å². The van der Waals surface area contributed by atoms with Gasteiger partial charge in [-0.2, -0.15) is 0 Å². The van der Waals surface area contributed by atoms with Crippen molar-refractivity contribution in [2.75, 3.05) is 7.11 Å². The van der Waals surface area contributed by atoms with Crippen molar-refractivity contribution in [3.8, 4) is 5.88 Å². The van der Waals surface area contributed by atoms with Crippen LogP contribution in [-0.4, -0.2) is 30.7 Å². The SMILES string of the molecule is [B]CC(=O)c1cnc(OC)cn1. The summed E-state index contributed by atoms with van der Waals surface area (Å²) in [5, 5.41) is 0. The van der Waals surface area contributed by atoms with E-state index in [1.165, 1.54) is 19.5 Å². The van der Waals surface area contributed by atoms with E-state index < -0.39 is 0 Å². The molecule has 0 saturated carbocycles. The number of aromatic nitrogens is 2. The van der Waals surface area contributed by atoms with Crippen LogP contribution in [0.5, 0.6) is 5.88 Å². The standard InChI is InChI=1S/C7H7BN2O2/c1-12-7-4-9-5(3-10-7)6(11)2-8/h3-4H,2H2,1H3. The van der Waals surface area contributed by atoms with E-state index in [0.717, 1.165) is 0 Å². The molecule has 0 aliphatic carbocycles. The highest BCUT2D eigenvalue weighted by Gasteiger charge is 2.04. The highest BCUT2D eigenvalue weighted by Crippen LogP contribution is 2.03. The molecule has 1 rings (SSSR count). The predicted molar refractivity (Wildman–Crippen MR) is 43.5 cm³/mol. The fourth-order valence-corrected chi connectivity index (χ4v) is 0.670. The van der Waals surface area contributed by atoms with Gasteiger partial charge in [0.2, 0.25) is 5.88 Å². The quantitative estimate of drug-likeness (QED) is 0.472. The zero-order valence-electron chi connectivity index (χ0n) is 6.65. The summed E-state index contributed by atoms with van der Waals surface area (Å²) >= 11 is 0. The monoisotopic (exact) mass is 162 g/mol. The van der Waals surface area contributed by atoms with E-state index in [-0.39, 0.29) is 17.8 Å². The van der Waals surface area contributed by atoms with Crippen LogP contribution in [0.1, 0.15) is 10.5 Å². The Balaban J connectivity index is 2.84. The van der Waals surface area contributed by atoms with Gasteiger partial charge in [-0.25, -0.2) is 9.97 Å². The van der Waals surface area contributed by atoms with Crippen LogP contribution >= 0.6 is 0 Å². The minimum atomic E-state index is -0.231. The summed E-state index contributed by atoms with van der Waals surface area (Å²) in [7, 11) is 6.61. The van der Waals surface area contributed by atoms with Crippen molar-refractivity contribution in [1.82, 2.24) is 9.97 Å². The first-order valence-electron chi connectivity index (χ1n) is 3.37. The van der Waals surface area contributed by atoms with Crippen molar-refractivity contribution in [3.05, 3.63) is 18.1 Å². The van der Waals surface area contributed by atoms with Gasteiger partial charge in [0.1, 0.15) is 5.69 Å². The van der Waals surface area contributed by atoms with Crippen LogP contribution in [0.3, 0.4) is 0 Å². The molecule has 0 saturated heterocycles. The maximum Gasteiger partial charge on any atom is 0.232 e. The Morgan fingerprint density at radius 1 is 1.58 bits per heavy atom. The van der Waals surface area contributed by atoms with Crippen molar-refractivity contribution in [3.63, 3.8) is 0 Å². The van der Waals surface area contributed by atoms with E-state index in [1.54, 1.807) is 0 Å². The summed E-state index contributed by atoms with van der Waals surface area (Å²) in [6.45, 7) is 0. The Morgan fingerprint density at radius 3 is 2.75 bits per heavy atom. The van der Waals surface area contributed by atoms with Gasteiger partial charge >= 0.3 is 0 Å². The molecule has 0 N–H and O–H groups in total. The third kappa shape index (κ3) is 1.81. The second-order valence-electron chi connectivity index (χ2n) is 2.07. The molecule has 5 heteroatoms. The van der Waals surface area contributed by atoms with Gasteiger partial charge in [0.25, 0.3) is 0 Å². The molecule has 0 atom stereocenters. The van der Waals surface area contributed by atoms with Crippen LogP contribution in [0.4, 0.5) is 0 Å². The van der Waals surface area contributed by atoms with Gasteiger partial charge in [-0.05, 0) is 6.32 Å². The van der Waals surface area contributed by atoms with Crippen molar-refractivity contribution in [2.45, 2.75) is 6.32 Å². The van der Waals surface area contributed by atoms with E-state index >= 15 is 0 Å². The van der Waals surface area contributed by atoms with Crippen LogP contribution in [0.15, 0.2) is 12.4 Å². The summed E-state index contributed by atoms with van der Waals surface area (Å²) in [6, 6.07) is 0. The molecule has 1 heterocycles. The molecule has 60 valence electrons. The number of rotatable bonds is 3. The molecule has 1 aromatic heterocycles. The van der Waals surface area contributed by atoms with Crippen LogP contribution < -0.4 is 4.74 Å². The van der Waals surface area contributed by atoms with E-state index in [0.29, 0.717) is 5.88 Å². The molecule has 0 unspecified atom stereocenters. The number of nitrogens with zero attached hydrogens (tertiary/aromatic N) is 2. The first-order valence-corrected chi connectivity index (χ1v) is 3.37. The predicted octanol–water partition coefficient (Wildman–Crippen LogP) is 0.255. The summed E-state index contributed by atoms with van der Waals surface area (Å²) < 4.78 is 4.77. The Hall–Kier alpha value is -1.39. The largest absolute Gasteiger partial charge is 0.480 e. The minimum absolute atomic E-state index is 0.0546. The van der Waals surface area contributed by atoms with E-state index in [9.17, 15) is 4.79 Å². The van der Waals surface area contributed by atoms with Crippen LogP contribution in [0.2, 0.25) is 6.32 Å². The number of carbonyl (C=O) groups excluding carboxylic acids is 1. The molecule has 4 nitrogen and oxygen atoms in total. The lowest BCUT2D eigenvalue weighted by molar-refractivity contribution is 0.101. The number of ether oxygens (including phenoxy) is 1. The molecular formula is C7H7BN2O2. The lowest BCUT2D eigenvalue weighted by Gasteiger charge is -1.98. The molecule has 1 aromatic rings. The van der Waals surface area contributed by atoms with Crippen molar-refractivity contribution >= 4 is 13.6 Å². The molecule has 2 radical (unpaired) electrons. The highest BCUT2D eigenvalue weighted by molar-refractivity contribution is 6.23. The fraction of sp³-hybridized carbons (Fsp3) is 0.286. The number of hydrogen-bond acceptors (Lipinski definition) is 4. The summed E-state index contributed by atoms with van der Waals surface area (Å²) in [5.74, 6) is 0.147. The first kappa shape index (κ1) is 8.71. The van der Waals surface area contributed by atoms with Gasteiger partial charge in [-0.1, -0.05) is 0 Å². The lowest BCUT2D eigenvalue weighted by Crippen LogP contribution is -2.02. The highest BCUT2D eigenvalue weighted by atomic mass is 16.5. The Labute approximate surface area is 71.4 Å². The average Bonchev–Trinajstić information content (AvgIpc) is 2.17. The molecule has 0 aliphatic rings. The van der Waals surface area contributed by atoms with Gasteiger partial charge in [0.05, 0.1) is 27.3 Å². The zero-order chi connectivity index (χ0) is 8.97. The van der Waals surface area contributed by atoms with Gasteiger partial charge < -0.3 is 4.74 Å². The van der Waals surface area contributed by atoms with E-state index in [4.69, 9.17) is 12.6 Å². The number of carbonyl (C=O) groups is 1. The van der Waals surface area contributed by atoms with Crippen LogP contribution in [0.25, 0.3) is 0 Å². The maximum atomic E-state index is 10.9. The smallest absolute Gasteiger partial charge is 0.232 e. The Bertz CT molecular complexity index is 273. The molecule has 0 aromatic carbocycles. The van der Waals surface area contributed by atoms with Gasteiger partial charge in [-0.15, -0.1) is 0 Å². The van der Waals surface area contributed by atoms with Crippen molar-refractivity contribution < 1.29 is 9.53 Å². The van der Waals surface area contributed by atoms with Gasteiger partial charge in [0, 0.05) is 0 Å². The van der Waals surface area contributed by atoms with Crippen molar-refractivity contribution in [1.29, 1.82) is 0 Å². The third-order valence-corrected chi connectivity index (χ3v) is 1.31. The number of ketones is 1. The number of methoxy groups -OCH3 is 1. The van der Waals surface area contributed by atoms with E-state index in [2.05, 4.69) is 9.97 Å². The normalized spacial score (nSPS) is 9.42. The molecular weight excluding hydrogens is 155 g/mol. The molecule has 0 fully saturated rings. The second-order valence-corrected chi connectivity index (χ2v) is 2.07. The Kier molecular flexibility index (Phi) is 2.79. The van der Waals surface area contributed by atoms with Crippen LogP contribution in [-0.2, 0) is 0 Å². The Morgan fingerprint density at radius 2 is 2.33 bits per heavy atom. The minimum Gasteiger partial charge on any atom is -0.480 e. The van der Waals surface area contributed by atoms with Gasteiger partial charge in [-0.3, -0.25) is 4.79 Å². The summed E-state index contributed by atoms with van der Waals surface area (Å²) in [6.07, 6.45) is 2.66. The van der Waals surface area contributed by atoms with Gasteiger partial charge in [0.15, 0.2) is 5.78 Å². The first-order chi connectivity index (χ1) is 5.77. The topological polar surface area (TPSA) is 52.1 Å². The molecule has 12 heavy (non-hydrogen) atoms. The number of hydrogen-bond donors (Lipinski definition) is 0. The summed E-state index contributed by atoms with van der Waals surface area (Å²) in [5.41, 5.74) is 0.262. The molecule has 0 spiro atoms. The lowest BCUT2D eigenvalue weighted by atomic mass is 9.99. The average molecular weight is 162 g/mol. The molecule has 0 aliphatic heterocycles. The third-order valence-electron chi connectivity index (χ3n) is 1.31. The number of Topliss-reactive ketones (excluding diaryl/α,β-unsaturated/α-hetero) is 1. The second kappa shape index (κ2) is 3.85. The van der Waals surface area contributed by atoms with Crippen LogP contribution in [0, 0.1) is 0 Å².